The Kier molecular flexibility index (Phi) is 2.33. The Morgan fingerprint density at radius 3 is 2.81 bits per heavy atom. The second-order valence-corrected chi connectivity index (χ2v) is 4.02. The van der Waals surface area contributed by atoms with Gasteiger partial charge in [-0.05, 0) is 19.3 Å². The lowest BCUT2D eigenvalue weighted by atomic mass is 9.94. The van der Waals surface area contributed by atoms with Gasteiger partial charge in [-0.2, -0.15) is 0 Å². The molecule has 0 saturated heterocycles. The lowest BCUT2D eigenvalue weighted by Gasteiger charge is -2.13. The Bertz CT molecular complexity index is 397. The molecule has 2 rings (SSSR count). The predicted octanol–water partition coefficient (Wildman–Crippen LogP) is 0.395. The zero-order valence-electron chi connectivity index (χ0n) is 8.80. The van der Waals surface area contributed by atoms with Crippen molar-refractivity contribution in [3.63, 3.8) is 0 Å². The second-order valence-electron chi connectivity index (χ2n) is 4.02. The van der Waals surface area contributed by atoms with Crippen molar-refractivity contribution in [3.8, 4) is 0 Å². The number of hydrogen-bond donors (Lipinski definition) is 1. The van der Waals surface area contributed by atoms with Crippen molar-refractivity contribution in [2.75, 3.05) is 6.61 Å². The summed E-state index contributed by atoms with van der Waals surface area (Å²) in [6, 6.07) is 0. The van der Waals surface area contributed by atoms with Crippen molar-refractivity contribution in [2.45, 2.75) is 13.3 Å². The SMILES string of the molecule is CCOC(=O)[C@@]12C(C(=O)O)=CC[C@@H]1C2C=O. The number of carboxylic acids is 1. The molecule has 0 spiro atoms. The fourth-order valence-electron chi connectivity index (χ4n) is 2.73. The van der Waals surface area contributed by atoms with Crippen LogP contribution in [-0.4, -0.2) is 29.9 Å². The topological polar surface area (TPSA) is 80.7 Å². The van der Waals surface area contributed by atoms with Crippen LogP contribution in [0.2, 0.25) is 0 Å². The van der Waals surface area contributed by atoms with E-state index >= 15 is 0 Å². The normalized spacial score (nSPS) is 34.9. The van der Waals surface area contributed by atoms with E-state index in [4.69, 9.17) is 9.84 Å². The maximum absolute atomic E-state index is 11.8. The number of carboxylic acid groups (broad SMARTS) is 1. The van der Waals surface area contributed by atoms with Crippen molar-refractivity contribution in [3.05, 3.63) is 11.6 Å². The standard InChI is InChI=1S/C11H12O5/c1-2-16-10(15)11-6(8(11)5-12)3-4-7(11)9(13)14/h4-6,8H,2-3H2,1H3,(H,13,14)/t6-,8?,11-/m1/s1. The van der Waals surface area contributed by atoms with Crippen LogP contribution in [0.15, 0.2) is 11.6 Å². The molecule has 3 atom stereocenters. The van der Waals surface area contributed by atoms with Crippen molar-refractivity contribution >= 4 is 18.2 Å². The molecule has 1 N–H and O–H groups in total. The van der Waals surface area contributed by atoms with Crippen LogP contribution in [0.25, 0.3) is 0 Å². The molecule has 0 aromatic heterocycles. The Morgan fingerprint density at radius 1 is 1.69 bits per heavy atom. The Labute approximate surface area is 92.1 Å². The van der Waals surface area contributed by atoms with E-state index in [9.17, 15) is 14.4 Å². The van der Waals surface area contributed by atoms with E-state index in [1.165, 1.54) is 6.08 Å². The predicted molar refractivity (Wildman–Crippen MR) is 52.4 cm³/mol. The number of hydrogen-bond acceptors (Lipinski definition) is 4. The van der Waals surface area contributed by atoms with Gasteiger partial charge in [0.2, 0.25) is 0 Å². The first-order valence-corrected chi connectivity index (χ1v) is 5.17. The molecule has 0 aromatic rings. The van der Waals surface area contributed by atoms with E-state index in [1.807, 2.05) is 0 Å². The van der Waals surface area contributed by atoms with Crippen LogP contribution in [0.4, 0.5) is 0 Å². The molecule has 5 heteroatoms. The Hall–Kier alpha value is -1.65. The first-order chi connectivity index (χ1) is 7.60. The molecule has 0 radical (unpaired) electrons. The third-order valence-corrected chi connectivity index (χ3v) is 3.45. The van der Waals surface area contributed by atoms with Gasteiger partial charge in [0, 0.05) is 5.92 Å². The van der Waals surface area contributed by atoms with E-state index in [0.29, 0.717) is 12.7 Å². The van der Waals surface area contributed by atoms with Crippen molar-refractivity contribution < 1.29 is 24.2 Å². The highest BCUT2D eigenvalue weighted by Crippen LogP contribution is 2.68. The summed E-state index contributed by atoms with van der Waals surface area (Å²) in [6.07, 6.45) is 2.64. The minimum Gasteiger partial charge on any atom is -0.478 e. The molecule has 5 nitrogen and oxygen atoms in total. The third-order valence-electron chi connectivity index (χ3n) is 3.45. The molecular formula is C11H12O5. The first-order valence-electron chi connectivity index (χ1n) is 5.17. The molecule has 2 aliphatic carbocycles. The lowest BCUT2D eigenvalue weighted by Crippen LogP contribution is -2.27. The highest BCUT2D eigenvalue weighted by molar-refractivity contribution is 6.04. The van der Waals surface area contributed by atoms with Crippen LogP contribution in [0.1, 0.15) is 13.3 Å². The first kappa shape index (κ1) is 10.9. The summed E-state index contributed by atoms with van der Waals surface area (Å²) in [5, 5.41) is 9.01. The monoisotopic (exact) mass is 224 g/mol. The maximum atomic E-state index is 11.8. The smallest absolute Gasteiger partial charge is 0.332 e. The van der Waals surface area contributed by atoms with Crippen LogP contribution in [0.5, 0.6) is 0 Å². The number of esters is 1. The second kappa shape index (κ2) is 3.43. The van der Waals surface area contributed by atoms with Gasteiger partial charge in [-0.15, -0.1) is 0 Å². The summed E-state index contributed by atoms with van der Waals surface area (Å²) < 4.78 is 4.88. The minimum atomic E-state index is -1.19. The molecule has 0 amide bonds. The molecule has 0 bridgehead atoms. The van der Waals surface area contributed by atoms with Gasteiger partial charge in [0.1, 0.15) is 11.7 Å². The van der Waals surface area contributed by atoms with Gasteiger partial charge in [-0.1, -0.05) is 6.08 Å². The van der Waals surface area contributed by atoms with Gasteiger partial charge in [-0.25, -0.2) is 4.79 Å². The highest BCUT2D eigenvalue weighted by atomic mass is 16.5. The van der Waals surface area contributed by atoms with Crippen LogP contribution in [0.3, 0.4) is 0 Å². The molecule has 2 aliphatic rings. The molecule has 0 aliphatic heterocycles. The molecule has 16 heavy (non-hydrogen) atoms. The van der Waals surface area contributed by atoms with Gasteiger partial charge in [0.25, 0.3) is 0 Å². The summed E-state index contributed by atoms with van der Waals surface area (Å²) in [4.78, 5) is 33.7. The van der Waals surface area contributed by atoms with Gasteiger partial charge in [0.05, 0.1) is 12.2 Å². The number of allylic oxidation sites excluding steroid dienone is 1. The highest BCUT2D eigenvalue weighted by Gasteiger charge is 2.75. The fraction of sp³-hybridized carbons (Fsp3) is 0.545. The summed E-state index contributed by atoms with van der Waals surface area (Å²) >= 11 is 0. The zero-order valence-corrected chi connectivity index (χ0v) is 8.80. The molecule has 1 saturated carbocycles. The van der Waals surface area contributed by atoms with E-state index in [2.05, 4.69) is 0 Å². The number of rotatable bonds is 4. The van der Waals surface area contributed by atoms with Gasteiger partial charge < -0.3 is 14.6 Å². The van der Waals surface area contributed by atoms with Crippen LogP contribution in [0, 0.1) is 17.3 Å². The Balaban J connectivity index is 2.35. The van der Waals surface area contributed by atoms with Gasteiger partial charge in [-0.3, -0.25) is 4.79 Å². The summed E-state index contributed by atoms with van der Waals surface area (Å²) in [5.74, 6) is -2.46. The van der Waals surface area contributed by atoms with Gasteiger partial charge in [0.15, 0.2) is 0 Å². The van der Waals surface area contributed by atoms with Crippen LogP contribution < -0.4 is 0 Å². The number of carbonyl (C=O) groups excluding carboxylic acids is 2. The van der Waals surface area contributed by atoms with E-state index in [0.717, 1.165) is 0 Å². The van der Waals surface area contributed by atoms with Crippen LogP contribution >= 0.6 is 0 Å². The molecular weight excluding hydrogens is 212 g/mol. The maximum Gasteiger partial charge on any atom is 0.332 e. The molecule has 1 fully saturated rings. The molecule has 86 valence electrons. The minimum absolute atomic E-state index is 0.0213. The van der Waals surface area contributed by atoms with Crippen molar-refractivity contribution in [1.82, 2.24) is 0 Å². The summed E-state index contributed by atoms with van der Waals surface area (Å²) in [5.41, 5.74) is -1.17. The Morgan fingerprint density at radius 2 is 2.38 bits per heavy atom. The number of aliphatic carboxylic acids is 1. The molecule has 0 aromatic carbocycles. The number of carbonyl (C=O) groups is 3. The van der Waals surface area contributed by atoms with E-state index in [1.54, 1.807) is 6.92 Å². The fourth-order valence-corrected chi connectivity index (χ4v) is 2.73. The average molecular weight is 224 g/mol. The van der Waals surface area contributed by atoms with E-state index in [-0.39, 0.29) is 18.1 Å². The number of fused-ring (bicyclic) bond motifs is 1. The average Bonchev–Trinajstić information content (AvgIpc) is 2.71. The lowest BCUT2D eigenvalue weighted by molar-refractivity contribution is -0.151. The molecule has 0 heterocycles. The van der Waals surface area contributed by atoms with Gasteiger partial charge >= 0.3 is 11.9 Å². The number of aldehydes is 1. The number of ether oxygens (including phenoxy) is 1. The summed E-state index contributed by atoms with van der Waals surface area (Å²) in [6.45, 7) is 1.84. The quantitative estimate of drug-likeness (QED) is 0.552. The third kappa shape index (κ3) is 1.08. The van der Waals surface area contributed by atoms with Crippen molar-refractivity contribution in [1.29, 1.82) is 0 Å². The van der Waals surface area contributed by atoms with Crippen LogP contribution in [-0.2, 0) is 19.1 Å². The van der Waals surface area contributed by atoms with Crippen molar-refractivity contribution in [2.24, 2.45) is 17.3 Å². The molecule has 1 unspecified atom stereocenters. The zero-order chi connectivity index (χ0) is 11.9. The van der Waals surface area contributed by atoms with E-state index < -0.39 is 23.3 Å². The summed E-state index contributed by atoms with van der Waals surface area (Å²) in [7, 11) is 0. The largest absolute Gasteiger partial charge is 0.478 e.